The summed E-state index contributed by atoms with van der Waals surface area (Å²) in [5.41, 5.74) is 5.16. The minimum absolute atomic E-state index is 0.0507. The molecule has 3 heterocycles. The highest BCUT2D eigenvalue weighted by atomic mass is 16.5. The van der Waals surface area contributed by atoms with E-state index in [0.717, 1.165) is 28.8 Å². The molecule has 1 aliphatic rings. The van der Waals surface area contributed by atoms with E-state index in [1.165, 1.54) is 44.7 Å². The fourth-order valence-electron chi connectivity index (χ4n) is 3.80. The molecule has 0 aliphatic heterocycles. The number of H-pyrrole nitrogens is 1. The molecule has 1 fully saturated rings. The summed E-state index contributed by atoms with van der Waals surface area (Å²) in [5, 5.41) is 0. The molecule has 25 heavy (non-hydrogen) atoms. The molecule has 0 spiro atoms. The van der Waals surface area contributed by atoms with Gasteiger partial charge in [0.1, 0.15) is 6.61 Å². The van der Waals surface area contributed by atoms with Crippen molar-refractivity contribution in [3.05, 3.63) is 29.8 Å². The lowest BCUT2D eigenvalue weighted by molar-refractivity contribution is -0.121. The fourth-order valence-corrected chi connectivity index (χ4v) is 3.80. The number of Topliss-reactive ketones (excluding diaryl/α,β-unsaturated/α-hetero) is 1. The average Bonchev–Trinajstić information content (AvgIpc) is 3.23. The quantitative estimate of drug-likeness (QED) is 0.698. The Morgan fingerprint density at radius 1 is 1.36 bits per heavy atom. The van der Waals surface area contributed by atoms with Crippen molar-refractivity contribution in [1.29, 1.82) is 0 Å². The molecular weight excluding hydrogens is 316 g/mol. The zero-order chi connectivity index (χ0) is 17.2. The molecule has 6 nitrogen and oxygen atoms in total. The van der Waals surface area contributed by atoms with Gasteiger partial charge in [-0.15, -0.1) is 0 Å². The van der Waals surface area contributed by atoms with Gasteiger partial charge in [-0.25, -0.2) is 9.97 Å². The van der Waals surface area contributed by atoms with E-state index in [1.807, 2.05) is 12.4 Å². The van der Waals surface area contributed by atoms with E-state index < -0.39 is 0 Å². The lowest BCUT2D eigenvalue weighted by atomic mass is 9.87. The maximum Gasteiger partial charge on any atom is 0.156 e. The second kappa shape index (κ2) is 6.96. The molecule has 132 valence electrons. The van der Waals surface area contributed by atoms with Crippen molar-refractivity contribution in [2.45, 2.75) is 51.4 Å². The predicted molar refractivity (Wildman–Crippen MR) is 95.9 cm³/mol. The Kier molecular flexibility index (Phi) is 4.53. The Hall–Kier alpha value is -2.21. The van der Waals surface area contributed by atoms with E-state index in [4.69, 9.17) is 9.72 Å². The van der Waals surface area contributed by atoms with Crippen LogP contribution in [0.1, 0.15) is 56.2 Å². The number of ketones is 1. The van der Waals surface area contributed by atoms with Crippen LogP contribution in [0.3, 0.4) is 0 Å². The second-order valence-corrected chi connectivity index (χ2v) is 7.00. The van der Waals surface area contributed by atoms with Crippen molar-refractivity contribution in [2.24, 2.45) is 0 Å². The van der Waals surface area contributed by atoms with Gasteiger partial charge in [0, 0.05) is 18.3 Å². The zero-order valence-corrected chi connectivity index (χ0v) is 14.6. The molecule has 0 aromatic carbocycles. The lowest BCUT2D eigenvalue weighted by Gasteiger charge is -2.19. The summed E-state index contributed by atoms with van der Waals surface area (Å²) in [7, 11) is 0. The van der Waals surface area contributed by atoms with Gasteiger partial charge in [0.25, 0.3) is 0 Å². The van der Waals surface area contributed by atoms with E-state index in [0.29, 0.717) is 12.5 Å². The summed E-state index contributed by atoms with van der Waals surface area (Å²) < 4.78 is 7.58. The van der Waals surface area contributed by atoms with Crippen LogP contribution in [0, 0.1) is 0 Å². The molecular formula is C19H24N4O2. The largest absolute Gasteiger partial charge is 0.373 e. The van der Waals surface area contributed by atoms with Gasteiger partial charge in [-0.2, -0.15) is 0 Å². The number of nitrogens with zero attached hydrogens (tertiary/aromatic N) is 3. The number of hydrogen-bond acceptors (Lipinski definition) is 4. The van der Waals surface area contributed by atoms with Gasteiger partial charge in [0.05, 0.1) is 24.0 Å². The van der Waals surface area contributed by atoms with Crippen LogP contribution >= 0.6 is 0 Å². The minimum Gasteiger partial charge on any atom is -0.373 e. The predicted octanol–water partition coefficient (Wildman–Crippen LogP) is 3.41. The first-order valence-electron chi connectivity index (χ1n) is 9.13. The second-order valence-electron chi connectivity index (χ2n) is 7.00. The summed E-state index contributed by atoms with van der Waals surface area (Å²) in [6, 6.07) is 0. The first kappa shape index (κ1) is 16.3. The Balaban J connectivity index is 1.63. The summed E-state index contributed by atoms with van der Waals surface area (Å²) in [5.74, 6) is 0.625. The molecule has 0 unspecified atom stereocenters. The summed E-state index contributed by atoms with van der Waals surface area (Å²) in [6.07, 6.45) is 13.2. The highest BCUT2D eigenvalue weighted by molar-refractivity contribution is 5.78. The third kappa shape index (κ3) is 3.31. The van der Waals surface area contributed by atoms with Gasteiger partial charge in [-0.05, 0) is 31.7 Å². The normalized spacial score (nSPS) is 16.0. The third-order valence-corrected chi connectivity index (χ3v) is 5.06. The molecule has 4 rings (SSSR count). The summed E-state index contributed by atoms with van der Waals surface area (Å²) in [4.78, 5) is 23.6. The molecule has 1 N–H and O–H groups in total. The maximum atomic E-state index is 11.0. The highest BCUT2D eigenvalue weighted by Gasteiger charge is 2.19. The molecule has 1 saturated carbocycles. The van der Waals surface area contributed by atoms with Gasteiger partial charge in [-0.3, -0.25) is 9.20 Å². The molecule has 0 bridgehead atoms. The number of carbonyl (C=O) groups excluding carboxylic acids is 1. The Labute approximate surface area is 146 Å². The van der Waals surface area contributed by atoms with E-state index in [-0.39, 0.29) is 12.4 Å². The van der Waals surface area contributed by atoms with Crippen LogP contribution in [0.2, 0.25) is 0 Å². The van der Waals surface area contributed by atoms with Gasteiger partial charge >= 0.3 is 0 Å². The Morgan fingerprint density at radius 2 is 2.20 bits per heavy atom. The molecule has 3 aromatic heterocycles. The van der Waals surface area contributed by atoms with E-state index >= 15 is 0 Å². The number of nitrogens with one attached hydrogen (secondary N) is 1. The fraction of sp³-hybridized carbons (Fsp3) is 0.526. The smallest absolute Gasteiger partial charge is 0.156 e. The molecule has 6 heteroatoms. The van der Waals surface area contributed by atoms with E-state index in [9.17, 15) is 4.79 Å². The Bertz CT molecular complexity index is 889. The number of hydrogen-bond donors (Lipinski definition) is 1. The van der Waals surface area contributed by atoms with Crippen LogP contribution in [0.5, 0.6) is 0 Å². The highest BCUT2D eigenvalue weighted by Crippen LogP contribution is 2.32. The van der Waals surface area contributed by atoms with Crippen molar-refractivity contribution in [1.82, 2.24) is 19.4 Å². The summed E-state index contributed by atoms with van der Waals surface area (Å²) in [6.45, 7) is 2.23. The zero-order valence-electron chi connectivity index (χ0n) is 14.6. The third-order valence-electron chi connectivity index (χ3n) is 5.06. The number of rotatable bonds is 6. The van der Waals surface area contributed by atoms with Gasteiger partial charge in [-0.1, -0.05) is 19.3 Å². The van der Waals surface area contributed by atoms with E-state index in [1.54, 1.807) is 0 Å². The van der Waals surface area contributed by atoms with Crippen LogP contribution in [-0.2, 0) is 16.0 Å². The minimum atomic E-state index is 0.0507. The van der Waals surface area contributed by atoms with Gasteiger partial charge in [0.15, 0.2) is 17.1 Å². The van der Waals surface area contributed by atoms with Gasteiger partial charge in [0.2, 0.25) is 0 Å². The maximum absolute atomic E-state index is 11.0. The van der Waals surface area contributed by atoms with Crippen LogP contribution in [-0.4, -0.2) is 38.3 Å². The van der Waals surface area contributed by atoms with Crippen LogP contribution in [0.4, 0.5) is 0 Å². The first-order valence-corrected chi connectivity index (χ1v) is 9.13. The van der Waals surface area contributed by atoms with Crippen molar-refractivity contribution in [3.63, 3.8) is 0 Å². The molecule has 0 amide bonds. The van der Waals surface area contributed by atoms with Crippen molar-refractivity contribution < 1.29 is 9.53 Å². The van der Waals surface area contributed by atoms with Crippen molar-refractivity contribution in [2.75, 3.05) is 13.2 Å². The number of ether oxygens (including phenoxy) is 1. The summed E-state index contributed by atoms with van der Waals surface area (Å²) >= 11 is 0. The van der Waals surface area contributed by atoms with Crippen LogP contribution in [0.15, 0.2) is 18.6 Å². The lowest BCUT2D eigenvalue weighted by Crippen LogP contribution is -2.06. The molecule has 0 radical (unpaired) electrons. The molecule has 0 atom stereocenters. The molecule has 3 aromatic rings. The topological polar surface area (TPSA) is 72.3 Å². The first-order chi connectivity index (χ1) is 12.2. The van der Waals surface area contributed by atoms with Gasteiger partial charge < -0.3 is 9.72 Å². The Morgan fingerprint density at radius 3 is 3.00 bits per heavy atom. The monoisotopic (exact) mass is 340 g/mol. The van der Waals surface area contributed by atoms with Crippen molar-refractivity contribution >= 4 is 22.6 Å². The number of carbonyl (C=O) groups is 1. The number of aromatic amines is 1. The SMILES string of the molecule is CC(=O)COCCc1c[nH]c2ncc3nc(C4CCCCC4)cn3c12. The molecule has 0 saturated heterocycles. The number of aromatic nitrogens is 4. The number of fused-ring (bicyclic) bond motifs is 3. The van der Waals surface area contributed by atoms with Crippen molar-refractivity contribution in [3.8, 4) is 0 Å². The van der Waals surface area contributed by atoms with Crippen LogP contribution in [0.25, 0.3) is 16.8 Å². The average molecular weight is 340 g/mol. The standard InChI is InChI=1S/C19H24N4O2/c1-13(24)12-25-8-7-15-9-20-19-18(15)23-11-16(22-17(23)10-21-19)14-5-3-2-4-6-14/h9-11,14,20H,2-8,12H2,1H3. The van der Waals surface area contributed by atoms with E-state index in [2.05, 4.69) is 20.6 Å². The molecule has 1 aliphatic carbocycles. The van der Waals surface area contributed by atoms with Crippen LogP contribution < -0.4 is 0 Å². The number of imidazole rings is 1.